The molecule has 0 saturated heterocycles. The van der Waals surface area contributed by atoms with Gasteiger partial charge in [0.15, 0.2) is 0 Å². The number of anilines is 1. The van der Waals surface area contributed by atoms with E-state index in [0.29, 0.717) is 16.8 Å². The number of ether oxygens (including phenoxy) is 1. The van der Waals surface area contributed by atoms with E-state index in [1.54, 1.807) is 35.2 Å². The Kier molecular flexibility index (Phi) is 6.39. The predicted octanol–water partition coefficient (Wildman–Crippen LogP) is 6.03. The van der Waals surface area contributed by atoms with Gasteiger partial charge in [0.2, 0.25) is 0 Å². The lowest BCUT2D eigenvalue weighted by Crippen LogP contribution is -2.38. The normalized spacial score (nSPS) is 14.2. The molecule has 0 spiro atoms. The second kappa shape index (κ2) is 10.2. The highest BCUT2D eigenvalue weighted by Crippen LogP contribution is 2.39. The van der Waals surface area contributed by atoms with Crippen LogP contribution in [0.5, 0.6) is 0 Å². The Labute approximate surface area is 230 Å². The number of amides is 2. The van der Waals surface area contributed by atoms with Crippen LogP contribution < -0.4 is 5.32 Å². The van der Waals surface area contributed by atoms with E-state index < -0.39 is 23.9 Å². The summed E-state index contributed by atoms with van der Waals surface area (Å²) in [4.78, 5) is 27.8. The summed E-state index contributed by atoms with van der Waals surface area (Å²) in [7, 11) is 1.30. The van der Waals surface area contributed by atoms with E-state index in [1.165, 1.54) is 19.2 Å². The number of esters is 1. The Bertz CT molecular complexity index is 1730. The number of methoxy groups -OCH3 is 1. The van der Waals surface area contributed by atoms with Crippen molar-refractivity contribution in [3.05, 3.63) is 131 Å². The average molecular weight is 536 g/mol. The number of aryl methyl sites for hydroxylation is 1. The monoisotopic (exact) mass is 535 g/mol. The number of aromatic nitrogens is 3. The number of hydrogen-bond donors (Lipinski definition) is 1. The quantitative estimate of drug-likeness (QED) is 0.285. The van der Waals surface area contributed by atoms with Gasteiger partial charge in [-0.3, -0.25) is 0 Å². The fourth-order valence-corrected chi connectivity index (χ4v) is 5.21. The molecule has 6 rings (SSSR count). The fourth-order valence-electron chi connectivity index (χ4n) is 5.21. The number of para-hydroxylation sites is 1. The molecule has 2 aromatic heterocycles. The van der Waals surface area contributed by atoms with Gasteiger partial charge < -0.3 is 19.5 Å². The van der Waals surface area contributed by atoms with Gasteiger partial charge in [-0.15, -0.1) is 0 Å². The number of rotatable bonds is 4. The summed E-state index contributed by atoms with van der Waals surface area (Å²) in [6, 6.07) is 25.4. The zero-order chi connectivity index (χ0) is 27.8. The molecule has 3 heterocycles. The molecule has 1 aliphatic heterocycles. The van der Waals surface area contributed by atoms with Crippen LogP contribution in [0, 0.1) is 12.7 Å². The van der Waals surface area contributed by atoms with Crippen LogP contribution in [0.2, 0.25) is 0 Å². The Hall–Kier alpha value is -5.18. The molecule has 1 unspecified atom stereocenters. The first-order valence-corrected chi connectivity index (χ1v) is 12.8. The highest BCUT2D eigenvalue weighted by molar-refractivity contribution is 5.94. The number of urea groups is 1. The van der Waals surface area contributed by atoms with Gasteiger partial charge in [0.05, 0.1) is 42.3 Å². The zero-order valence-corrected chi connectivity index (χ0v) is 21.9. The summed E-state index contributed by atoms with van der Waals surface area (Å²) in [5.74, 6) is -0.0850. The van der Waals surface area contributed by atoms with Gasteiger partial charge in [0.1, 0.15) is 11.6 Å². The first-order chi connectivity index (χ1) is 19.4. The van der Waals surface area contributed by atoms with Crippen LogP contribution in [0.15, 0.2) is 97.2 Å². The molecule has 1 atom stereocenters. The number of halogens is 1. The molecule has 3 aromatic carbocycles. The van der Waals surface area contributed by atoms with Crippen LogP contribution in [0.25, 0.3) is 11.5 Å². The van der Waals surface area contributed by atoms with Crippen molar-refractivity contribution in [3.8, 4) is 11.5 Å². The van der Waals surface area contributed by atoms with Gasteiger partial charge in [-0.1, -0.05) is 36.4 Å². The third-order valence-corrected chi connectivity index (χ3v) is 7.05. The van der Waals surface area contributed by atoms with Crippen LogP contribution >= 0.6 is 0 Å². The van der Waals surface area contributed by atoms with Crippen molar-refractivity contribution in [2.45, 2.75) is 19.5 Å². The van der Waals surface area contributed by atoms with Crippen LogP contribution in [0.4, 0.5) is 14.9 Å². The number of hydrogen-bond acceptors (Lipinski definition) is 4. The lowest BCUT2D eigenvalue weighted by atomic mass is 10.0. The zero-order valence-electron chi connectivity index (χ0n) is 21.9. The summed E-state index contributed by atoms with van der Waals surface area (Å²) < 4.78 is 23.2. The van der Waals surface area contributed by atoms with Crippen molar-refractivity contribution in [2.75, 3.05) is 12.4 Å². The highest BCUT2D eigenvalue weighted by atomic mass is 19.1. The molecule has 0 aliphatic carbocycles. The molecule has 0 radical (unpaired) electrons. The highest BCUT2D eigenvalue weighted by Gasteiger charge is 2.36. The molecule has 0 saturated carbocycles. The van der Waals surface area contributed by atoms with Crippen LogP contribution in [0.3, 0.4) is 0 Å². The maximum absolute atomic E-state index is 14.5. The van der Waals surface area contributed by atoms with E-state index in [1.807, 2.05) is 70.9 Å². The van der Waals surface area contributed by atoms with Crippen LogP contribution in [-0.4, -0.2) is 38.4 Å². The van der Waals surface area contributed by atoms with Gasteiger partial charge >= 0.3 is 12.0 Å². The second-order valence-corrected chi connectivity index (χ2v) is 9.53. The smallest absolute Gasteiger partial charge is 0.337 e. The summed E-state index contributed by atoms with van der Waals surface area (Å²) in [5, 5.41) is 7.77. The molecule has 1 N–H and O–H groups in total. The SMILES string of the molecule is COC(=O)c1cccc(NC(=O)N2Cc3c(C)nn(-c4ccccc4)c3-n3cccc3C2c2cccc(F)c2)c1. The number of fused-ring (bicyclic) bond motifs is 3. The lowest BCUT2D eigenvalue weighted by Gasteiger charge is -2.31. The predicted molar refractivity (Wildman–Crippen MR) is 148 cm³/mol. The minimum absolute atomic E-state index is 0.208. The fraction of sp³-hybridized carbons (Fsp3) is 0.129. The van der Waals surface area contributed by atoms with E-state index in [9.17, 15) is 14.0 Å². The third kappa shape index (κ3) is 4.41. The average Bonchev–Trinajstić information content (AvgIpc) is 3.53. The molecule has 40 heavy (non-hydrogen) atoms. The van der Waals surface area contributed by atoms with Gasteiger partial charge in [0, 0.05) is 17.4 Å². The van der Waals surface area contributed by atoms with Gasteiger partial charge in [-0.25, -0.2) is 18.7 Å². The summed E-state index contributed by atoms with van der Waals surface area (Å²) in [6.45, 7) is 2.12. The van der Waals surface area contributed by atoms with E-state index in [-0.39, 0.29) is 6.54 Å². The standard InChI is InChI=1S/C31H26FN5O3/c1-20-26-19-36(31(39)33-24-12-7-10-22(18-24)30(38)40-2)28(21-9-6-11-23(32)17-21)27-15-8-16-35(27)29(26)37(34-20)25-13-4-3-5-14-25/h3-18,28H,19H2,1-2H3,(H,33,39). The Morgan fingerprint density at radius 2 is 1.77 bits per heavy atom. The molecule has 2 amide bonds. The van der Waals surface area contributed by atoms with E-state index in [0.717, 1.165) is 28.5 Å². The number of benzene rings is 3. The third-order valence-electron chi connectivity index (χ3n) is 7.05. The second-order valence-electron chi connectivity index (χ2n) is 9.53. The number of carbonyl (C=O) groups excluding carboxylic acids is 2. The number of nitrogens with zero attached hydrogens (tertiary/aromatic N) is 4. The van der Waals surface area contributed by atoms with Crippen molar-refractivity contribution in [2.24, 2.45) is 0 Å². The van der Waals surface area contributed by atoms with E-state index in [2.05, 4.69) is 5.32 Å². The van der Waals surface area contributed by atoms with Crippen molar-refractivity contribution >= 4 is 17.7 Å². The molecule has 200 valence electrons. The minimum atomic E-state index is -0.620. The van der Waals surface area contributed by atoms with E-state index >= 15 is 0 Å². The first kappa shape index (κ1) is 25.1. The minimum Gasteiger partial charge on any atom is -0.465 e. The lowest BCUT2D eigenvalue weighted by molar-refractivity contribution is 0.0600. The summed E-state index contributed by atoms with van der Waals surface area (Å²) in [6.07, 6.45) is 1.93. The van der Waals surface area contributed by atoms with Crippen molar-refractivity contribution < 1.29 is 18.7 Å². The molecule has 8 nitrogen and oxygen atoms in total. The van der Waals surface area contributed by atoms with Crippen molar-refractivity contribution in [3.63, 3.8) is 0 Å². The maximum Gasteiger partial charge on any atom is 0.337 e. The molecule has 1 aliphatic rings. The van der Waals surface area contributed by atoms with Gasteiger partial charge in [-0.2, -0.15) is 5.10 Å². The van der Waals surface area contributed by atoms with Gasteiger partial charge in [-0.05, 0) is 67.1 Å². The topological polar surface area (TPSA) is 81.4 Å². The van der Waals surface area contributed by atoms with Crippen molar-refractivity contribution in [1.29, 1.82) is 0 Å². The molecular formula is C31H26FN5O3. The Balaban J connectivity index is 1.50. The number of nitrogens with one attached hydrogen (secondary N) is 1. The van der Waals surface area contributed by atoms with E-state index in [4.69, 9.17) is 9.84 Å². The number of carbonyl (C=O) groups is 2. The molecule has 0 fully saturated rings. The van der Waals surface area contributed by atoms with Crippen LogP contribution in [-0.2, 0) is 11.3 Å². The molecule has 9 heteroatoms. The summed E-state index contributed by atoms with van der Waals surface area (Å²) in [5.41, 5.74) is 4.66. The van der Waals surface area contributed by atoms with Gasteiger partial charge in [0.25, 0.3) is 0 Å². The molecule has 5 aromatic rings. The maximum atomic E-state index is 14.5. The largest absolute Gasteiger partial charge is 0.465 e. The Morgan fingerprint density at radius 1 is 0.975 bits per heavy atom. The first-order valence-electron chi connectivity index (χ1n) is 12.8. The van der Waals surface area contributed by atoms with Crippen molar-refractivity contribution in [1.82, 2.24) is 19.2 Å². The summed E-state index contributed by atoms with van der Waals surface area (Å²) >= 11 is 0. The van der Waals surface area contributed by atoms with Crippen LogP contribution in [0.1, 0.15) is 38.9 Å². The molecular weight excluding hydrogens is 509 g/mol. The Morgan fingerprint density at radius 3 is 2.55 bits per heavy atom. The molecule has 0 bridgehead atoms.